The fourth-order valence-electron chi connectivity index (χ4n) is 3.57. The molecule has 0 spiro atoms. The van der Waals surface area contributed by atoms with Crippen LogP contribution in [-0.2, 0) is 0 Å². The summed E-state index contributed by atoms with van der Waals surface area (Å²) in [6, 6.07) is 15.3. The smallest absolute Gasteiger partial charge is 0.123 e. The van der Waals surface area contributed by atoms with E-state index in [1.165, 1.54) is 11.1 Å². The number of benzene rings is 2. The van der Waals surface area contributed by atoms with E-state index >= 15 is 0 Å². The quantitative estimate of drug-likeness (QED) is 0.568. The van der Waals surface area contributed by atoms with Gasteiger partial charge in [-0.3, -0.25) is 4.90 Å². The van der Waals surface area contributed by atoms with Crippen molar-refractivity contribution in [3.63, 3.8) is 0 Å². The van der Waals surface area contributed by atoms with Gasteiger partial charge in [0.2, 0.25) is 0 Å². The zero-order valence-corrected chi connectivity index (χ0v) is 15.7. The first-order valence-electron chi connectivity index (χ1n) is 8.72. The van der Waals surface area contributed by atoms with E-state index in [0.717, 1.165) is 18.1 Å². The first-order valence-corrected chi connectivity index (χ1v) is 9.10. The van der Waals surface area contributed by atoms with Crippen LogP contribution in [-0.4, -0.2) is 18.0 Å². The summed E-state index contributed by atoms with van der Waals surface area (Å²) in [7, 11) is 0. The Kier molecular flexibility index (Phi) is 6.82. The van der Waals surface area contributed by atoms with Gasteiger partial charge >= 0.3 is 0 Å². The highest BCUT2D eigenvalue weighted by Gasteiger charge is 2.31. The van der Waals surface area contributed by atoms with E-state index in [9.17, 15) is 4.39 Å². The molecule has 24 heavy (non-hydrogen) atoms. The third kappa shape index (κ3) is 4.37. The summed E-state index contributed by atoms with van der Waals surface area (Å²) in [5.74, 6) is 0.493. The molecule has 0 saturated carbocycles. The van der Waals surface area contributed by atoms with Crippen LogP contribution in [0.3, 0.4) is 0 Å². The van der Waals surface area contributed by atoms with Crippen molar-refractivity contribution in [3.05, 3.63) is 70.5 Å². The van der Waals surface area contributed by atoms with Gasteiger partial charge in [-0.15, -0.1) is 0 Å². The third-order valence-electron chi connectivity index (χ3n) is 4.71. The first-order chi connectivity index (χ1) is 11.5. The molecule has 0 heterocycles. The predicted octanol–water partition coefficient (Wildman–Crippen LogP) is 6.30. The maximum absolute atomic E-state index is 13.4. The Morgan fingerprint density at radius 1 is 0.958 bits per heavy atom. The first kappa shape index (κ1) is 19.0. The molecule has 0 amide bonds. The number of rotatable bonds is 7. The van der Waals surface area contributed by atoms with Gasteiger partial charge in [-0.25, -0.2) is 4.39 Å². The summed E-state index contributed by atoms with van der Waals surface area (Å²) in [6.45, 7) is 10.7. The van der Waals surface area contributed by atoms with Gasteiger partial charge in [-0.2, -0.15) is 0 Å². The van der Waals surface area contributed by atoms with Crippen LogP contribution in [0.5, 0.6) is 0 Å². The maximum Gasteiger partial charge on any atom is 0.123 e. The second-order valence-electron chi connectivity index (χ2n) is 6.54. The van der Waals surface area contributed by atoms with Crippen LogP contribution in [0.25, 0.3) is 0 Å². The lowest BCUT2D eigenvalue weighted by molar-refractivity contribution is 0.166. The molecule has 130 valence electrons. The standard InChI is InChI=1S/C21H27ClFN/c1-5-24(6-2)21(17-8-7-9-18(22)14-17)20(15(3)4)16-10-12-19(23)13-11-16/h7-15,20-21H,5-6H2,1-4H3. The molecular formula is C21H27ClFN. The lowest BCUT2D eigenvalue weighted by atomic mass is 9.78. The number of halogens is 2. The van der Waals surface area contributed by atoms with Gasteiger partial charge in [-0.1, -0.05) is 63.6 Å². The third-order valence-corrected chi connectivity index (χ3v) is 4.94. The summed E-state index contributed by atoms with van der Waals surface area (Å²) in [6.07, 6.45) is 0. The Morgan fingerprint density at radius 3 is 2.08 bits per heavy atom. The van der Waals surface area contributed by atoms with Crippen molar-refractivity contribution >= 4 is 11.6 Å². The average Bonchev–Trinajstić information content (AvgIpc) is 2.56. The Bertz CT molecular complexity index is 635. The maximum atomic E-state index is 13.4. The normalized spacial score (nSPS) is 14.2. The number of likely N-dealkylation sites (N-methyl/N-ethyl adjacent to an activating group) is 1. The topological polar surface area (TPSA) is 3.24 Å². The van der Waals surface area contributed by atoms with Crippen molar-refractivity contribution in [2.75, 3.05) is 13.1 Å². The summed E-state index contributed by atoms with van der Waals surface area (Å²) in [4.78, 5) is 2.46. The molecule has 0 fully saturated rings. The van der Waals surface area contributed by atoms with Gasteiger partial charge in [0, 0.05) is 17.0 Å². The van der Waals surface area contributed by atoms with E-state index in [1.807, 2.05) is 24.3 Å². The molecule has 2 aromatic rings. The van der Waals surface area contributed by atoms with Crippen LogP contribution in [0.15, 0.2) is 48.5 Å². The van der Waals surface area contributed by atoms with E-state index in [4.69, 9.17) is 11.6 Å². The van der Waals surface area contributed by atoms with Crippen molar-refractivity contribution in [2.45, 2.75) is 39.7 Å². The van der Waals surface area contributed by atoms with Crippen LogP contribution in [0, 0.1) is 11.7 Å². The van der Waals surface area contributed by atoms with Gasteiger partial charge in [-0.05, 0) is 54.4 Å². The molecule has 3 heteroatoms. The van der Waals surface area contributed by atoms with E-state index in [1.54, 1.807) is 12.1 Å². The molecule has 0 saturated heterocycles. The molecule has 2 rings (SSSR count). The van der Waals surface area contributed by atoms with Crippen LogP contribution in [0.2, 0.25) is 5.02 Å². The molecule has 1 nitrogen and oxygen atoms in total. The monoisotopic (exact) mass is 347 g/mol. The Morgan fingerprint density at radius 2 is 1.58 bits per heavy atom. The lowest BCUT2D eigenvalue weighted by Crippen LogP contribution is -2.34. The highest BCUT2D eigenvalue weighted by atomic mass is 35.5. The van der Waals surface area contributed by atoms with Crippen molar-refractivity contribution < 1.29 is 4.39 Å². The molecule has 0 radical (unpaired) electrons. The molecule has 2 aromatic carbocycles. The molecule has 2 unspecified atom stereocenters. The largest absolute Gasteiger partial charge is 0.296 e. The van der Waals surface area contributed by atoms with E-state index < -0.39 is 0 Å². The van der Waals surface area contributed by atoms with Crippen LogP contribution in [0.4, 0.5) is 4.39 Å². The van der Waals surface area contributed by atoms with Gasteiger partial charge in [0.05, 0.1) is 0 Å². The van der Waals surface area contributed by atoms with Gasteiger partial charge in [0.25, 0.3) is 0 Å². The zero-order valence-electron chi connectivity index (χ0n) is 15.0. The van der Waals surface area contributed by atoms with Gasteiger partial charge in [0.1, 0.15) is 5.82 Å². The Hall–Kier alpha value is -1.38. The molecule has 0 bridgehead atoms. The fraction of sp³-hybridized carbons (Fsp3) is 0.429. The predicted molar refractivity (Wildman–Crippen MR) is 101 cm³/mol. The highest BCUT2D eigenvalue weighted by Crippen LogP contribution is 2.41. The van der Waals surface area contributed by atoms with Gasteiger partial charge < -0.3 is 0 Å². The van der Waals surface area contributed by atoms with Crippen LogP contribution < -0.4 is 0 Å². The average molecular weight is 348 g/mol. The zero-order chi connectivity index (χ0) is 17.7. The minimum Gasteiger partial charge on any atom is -0.296 e. The molecular weight excluding hydrogens is 321 g/mol. The van der Waals surface area contributed by atoms with Crippen molar-refractivity contribution in [3.8, 4) is 0 Å². The number of hydrogen-bond acceptors (Lipinski definition) is 1. The summed E-state index contributed by atoms with van der Waals surface area (Å²) in [5, 5.41) is 0.756. The van der Waals surface area contributed by atoms with Crippen LogP contribution in [0.1, 0.15) is 50.8 Å². The molecule has 0 N–H and O–H groups in total. The number of nitrogens with zero attached hydrogens (tertiary/aromatic N) is 1. The number of hydrogen-bond donors (Lipinski definition) is 0. The molecule has 2 atom stereocenters. The highest BCUT2D eigenvalue weighted by molar-refractivity contribution is 6.30. The Labute approximate surface area is 150 Å². The van der Waals surface area contributed by atoms with Crippen LogP contribution >= 0.6 is 11.6 Å². The fourth-order valence-corrected chi connectivity index (χ4v) is 3.77. The van der Waals surface area contributed by atoms with Crippen molar-refractivity contribution in [1.82, 2.24) is 4.90 Å². The summed E-state index contributed by atoms with van der Waals surface area (Å²) < 4.78 is 13.4. The molecule has 0 aromatic heterocycles. The van der Waals surface area contributed by atoms with E-state index in [-0.39, 0.29) is 17.8 Å². The second kappa shape index (κ2) is 8.64. The van der Waals surface area contributed by atoms with Crippen molar-refractivity contribution in [1.29, 1.82) is 0 Å². The minimum absolute atomic E-state index is 0.191. The van der Waals surface area contributed by atoms with Crippen molar-refractivity contribution in [2.24, 2.45) is 5.92 Å². The molecule has 0 aliphatic rings. The molecule has 0 aliphatic heterocycles. The lowest BCUT2D eigenvalue weighted by Gasteiger charge is -2.39. The summed E-state index contributed by atoms with van der Waals surface area (Å²) >= 11 is 6.26. The van der Waals surface area contributed by atoms with Gasteiger partial charge in [0.15, 0.2) is 0 Å². The Balaban J connectivity index is 2.54. The minimum atomic E-state index is -0.191. The summed E-state index contributed by atoms with van der Waals surface area (Å²) in [5.41, 5.74) is 2.39. The van der Waals surface area contributed by atoms with E-state index in [2.05, 4.69) is 44.7 Å². The van der Waals surface area contributed by atoms with E-state index in [0.29, 0.717) is 5.92 Å². The SMILES string of the molecule is CCN(CC)C(c1cccc(Cl)c1)C(c1ccc(F)cc1)C(C)C. The second-order valence-corrected chi connectivity index (χ2v) is 6.98. The molecule has 0 aliphatic carbocycles.